The van der Waals surface area contributed by atoms with Crippen LogP contribution in [0.2, 0.25) is 0 Å². The van der Waals surface area contributed by atoms with Crippen molar-refractivity contribution in [3.05, 3.63) is 50.9 Å². The van der Waals surface area contributed by atoms with Gasteiger partial charge in [0, 0.05) is 39.6 Å². The molecule has 0 spiro atoms. The van der Waals surface area contributed by atoms with Crippen LogP contribution in [0, 0.1) is 5.92 Å². The van der Waals surface area contributed by atoms with E-state index in [9.17, 15) is 27.6 Å². The maximum atomic E-state index is 12.6. The molecule has 0 bridgehead atoms. The number of hydrogen-bond donors (Lipinski definition) is 1. The minimum atomic E-state index is -3.71. The van der Waals surface area contributed by atoms with Crippen molar-refractivity contribution in [3.8, 4) is 0 Å². The van der Waals surface area contributed by atoms with Crippen LogP contribution in [0.5, 0.6) is 0 Å². The molecule has 0 amide bonds. The third kappa shape index (κ3) is 4.34. The van der Waals surface area contributed by atoms with Crippen LogP contribution in [-0.4, -0.2) is 58.3 Å². The first kappa shape index (κ1) is 23.3. The fourth-order valence-electron chi connectivity index (χ4n) is 3.43. The Morgan fingerprint density at radius 3 is 2.44 bits per heavy atom. The van der Waals surface area contributed by atoms with Crippen molar-refractivity contribution < 1.29 is 22.7 Å². The topological polar surface area (TPSA) is 164 Å². The fraction of sp³-hybridized carbons (Fsp3) is 0.421. The lowest BCUT2D eigenvalue weighted by atomic mass is 9.98. The summed E-state index contributed by atoms with van der Waals surface area (Å²) in [5.74, 6) is -2.41. The number of carbonyl (C=O) groups excluding carboxylic acids is 2. The van der Waals surface area contributed by atoms with Gasteiger partial charge in [0.2, 0.25) is 15.8 Å². The molecule has 1 aliphatic rings. The van der Waals surface area contributed by atoms with Gasteiger partial charge in [-0.3, -0.25) is 28.5 Å². The number of piperidine rings is 1. The summed E-state index contributed by atoms with van der Waals surface area (Å²) in [6.45, 7) is -0.497. The summed E-state index contributed by atoms with van der Waals surface area (Å²) in [7, 11) is -1.19. The van der Waals surface area contributed by atoms with Crippen molar-refractivity contribution in [1.29, 1.82) is 0 Å². The second-order valence-corrected chi connectivity index (χ2v) is 9.30. The Morgan fingerprint density at radius 1 is 1.19 bits per heavy atom. The van der Waals surface area contributed by atoms with Crippen molar-refractivity contribution in [2.75, 3.05) is 25.4 Å². The SMILES string of the molecule is Cn1c(N)c(C(=O)COC(=O)C2CCN(S(=O)(=O)c3cccnc3)CC2)c(=O)n(C)c1=O. The van der Waals surface area contributed by atoms with Crippen molar-refractivity contribution >= 4 is 27.6 Å². The maximum absolute atomic E-state index is 12.6. The van der Waals surface area contributed by atoms with Gasteiger partial charge in [-0.1, -0.05) is 0 Å². The van der Waals surface area contributed by atoms with Gasteiger partial charge in [0.05, 0.1) is 5.92 Å². The number of ketones is 1. The van der Waals surface area contributed by atoms with Gasteiger partial charge in [-0.15, -0.1) is 0 Å². The number of nitrogen functional groups attached to an aromatic ring is 1. The number of hydrogen-bond acceptors (Lipinski definition) is 9. The summed E-state index contributed by atoms with van der Waals surface area (Å²) in [4.78, 5) is 52.8. The molecule has 0 saturated carbocycles. The van der Waals surface area contributed by atoms with Gasteiger partial charge < -0.3 is 10.5 Å². The molecule has 0 aromatic carbocycles. The average Bonchev–Trinajstić information content (AvgIpc) is 2.80. The molecule has 13 heteroatoms. The highest BCUT2D eigenvalue weighted by atomic mass is 32.2. The third-order valence-electron chi connectivity index (χ3n) is 5.39. The van der Waals surface area contributed by atoms with Crippen LogP contribution in [0.3, 0.4) is 0 Å². The number of ether oxygens (including phenoxy) is 1. The van der Waals surface area contributed by atoms with E-state index in [4.69, 9.17) is 10.5 Å². The normalized spacial score (nSPS) is 15.4. The average molecular weight is 465 g/mol. The number of nitrogens with zero attached hydrogens (tertiary/aromatic N) is 4. The van der Waals surface area contributed by atoms with Gasteiger partial charge in [0.25, 0.3) is 5.56 Å². The summed E-state index contributed by atoms with van der Waals surface area (Å²) in [6.07, 6.45) is 3.17. The molecule has 172 valence electrons. The number of sulfonamides is 1. The smallest absolute Gasteiger partial charge is 0.332 e. The quantitative estimate of drug-likeness (QED) is 0.411. The lowest BCUT2D eigenvalue weighted by Crippen LogP contribution is -2.42. The Bertz CT molecular complexity index is 1260. The standard InChI is InChI=1S/C19H23N5O7S/c1-22-16(20)15(17(26)23(2)19(22)28)14(25)11-31-18(27)12-5-8-24(9-6-12)32(29,30)13-4-3-7-21-10-13/h3-4,7,10,12H,5-6,8-9,11,20H2,1-2H3. The summed E-state index contributed by atoms with van der Waals surface area (Å²) < 4.78 is 33.3. The van der Waals surface area contributed by atoms with Crippen LogP contribution in [0.25, 0.3) is 0 Å². The van der Waals surface area contributed by atoms with E-state index in [1.165, 1.54) is 42.9 Å². The van der Waals surface area contributed by atoms with E-state index in [0.29, 0.717) is 0 Å². The lowest BCUT2D eigenvalue weighted by Gasteiger charge is -2.29. The highest BCUT2D eigenvalue weighted by molar-refractivity contribution is 7.89. The van der Waals surface area contributed by atoms with Crippen molar-refractivity contribution in [2.24, 2.45) is 20.0 Å². The minimum Gasteiger partial charge on any atom is -0.457 e. The molecular weight excluding hydrogens is 442 g/mol. The van der Waals surface area contributed by atoms with Crippen LogP contribution in [0.15, 0.2) is 39.0 Å². The van der Waals surface area contributed by atoms with Crippen LogP contribution in [0.4, 0.5) is 5.82 Å². The van der Waals surface area contributed by atoms with Crippen LogP contribution in [-0.2, 0) is 33.7 Å². The van der Waals surface area contributed by atoms with Crippen molar-refractivity contribution in [2.45, 2.75) is 17.7 Å². The number of rotatable bonds is 6. The number of pyridine rings is 1. The van der Waals surface area contributed by atoms with E-state index >= 15 is 0 Å². The Morgan fingerprint density at radius 2 is 1.84 bits per heavy atom. The Kier molecular flexibility index (Phi) is 6.60. The zero-order chi connectivity index (χ0) is 23.6. The molecule has 2 N–H and O–H groups in total. The number of carbonyl (C=O) groups is 2. The van der Waals surface area contributed by atoms with E-state index in [0.717, 1.165) is 9.13 Å². The van der Waals surface area contributed by atoms with Gasteiger partial charge in [-0.25, -0.2) is 13.2 Å². The van der Waals surface area contributed by atoms with E-state index in [1.54, 1.807) is 0 Å². The number of anilines is 1. The van der Waals surface area contributed by atoms with Crippen LogP contribution < -0.4 is 17.0 Å². The highest BCUT2D eigenvalue weighted by Gasteiger charge is 2.33. The Balaban J connectivity index is 1.61. The van der Waals surface area contributed by atoms with Crippen molar-refractivity contribution in [1.82, 2.24) is 18.4 Å². The molecular formula is C19H23N5O7S. The van der Waals surface area contributed by atoms with Gasteiger partial charge in [0.15, 0.2) is 6.61 Å². The van der Waals surface area contributed by atoms with E-state index in [1.807, 2.05) is 0 Å². The monoisotopic (exact) mass is 465 g/mol. The summed E-state index contributed by atoms with van der Waals surface area (Å²) in [5.41, 5.74) is 3.74. The van der Waals surface area contributed by atoms with Crippen LogP contribution in [0.1, 0.15) is 23.2 Å². The molecule has 2 aromatic heterocycles. The lowest BCUT2D eigenvalue weighted by molar-refractivity contribution is -0.148. The molecule has 0 radical (unpaired) electrons. The number of aromatic nitrogens is 3. The van der Waals surface area contributed by atoms with Crippen LogP contribution >= 0.6 is 0 Å². The summed E-state index contributed by atoms with van der Waals surface area (Å²) in [6, 6.07) is 2.97. The second-order valence-electron chi connectivity index (χ2n) is 7.36. The van der Waals surface area contributed by atoms with E-state index in [2.05, 4.69) is 4.98 Å². The molecule has 1 fully saturated rings. The summed E-state index contributed by atoms with van der Waals surface area (Å²) >= 11 is 0. The number of Topliss-reactive ketones (excluding diaryl/α,β-unsaturated/α-hetero) is 1. The predicted molar refractivity (Wildman–Crippen MR) is 112 cm³/mol. The second kappa shape index (κ2) is 9.04. The van der Waals surface area contributed by atoms with Gasteiger partial charge in [-0.05, 0) is 25.0 Å². The minimum absolute atomic E-state index is 0.0723. The zero-order valence-corrected chi connectivity index (χ0v) is 18.4. The Hall–Kier alpha value is -3.32. The van der Waals surface area contributed by atoms with E-state index < -0.39 is 51.1 Å². The predicted octanol–water partition coefficient (Wildman–Crippen LogP) is -1.11. The third-order valence-corrected chi connectivity index (χ3v) is 7.28. The molecule has 1 aliphatic heterocycles. The van der Waals surface area contributed by atoms with Gasteiger partial charge in [-0.2, -0.15) is 4.31 Å². The Labute approximate surface area is 183 Å². The molecule has 0 unspecified atom stereocenters. The van der Waals surface area contributed by atoms with Gasteiger partial charge in [0.1, 0.15) is 16.3 Å². The molecule has 0 atom stereocenters. The number of nitrogens with two attached hydrogens (primary N) is 1. The van der Waals surface area contributed by atoms with E-state index in [-0.39, 0.29) is 36.6 Å². The zero-order valence-electron chi connectivity index (χ0n) is 17.6. The van der Waals surface area contributed by atoms with Gasteiger partial charge >= 0.3 is 11.7 Å². The molecule has 32 heavy (non-hydrogen) atoms. The fourth-order valence-corrected chi connectivity index (χ4v) is 4.86. The van der Waals surface area contributed by atoms with Crippen molar-refractivity contribution in [3.63, 3.8) is 0 Å². The highest BCUT2D eigenvalue weighted by Crippen LogP contribution is 2.24. The molecule has 12 nitrogen and oxygen atoms in total. The number of esters is 1. The molecule has 0 aliphatic carbocycles. The first-order chi connectivity index (χ1) is 15.1. The molecule has 2 aromatic rings. The first-order valence-corrected chi connectivity index (χ1v) is 11.1. The molecule has 3 heterocycles. The largest absolute Gasteiger partial charge is 0.457 e. The maximum Gasteiger partial charge on any atom is 0.332 e. The molecule has 1 saturated heterocycles. The molecule has 3 rings (SSSR count). The first-order valence-electron chi connectivity index (χ1n) is 9.71. The summed E-state index contributed by atoms with van der Waals surface area (Å²) in [5, 5.41) is 0.